The van der Waals surface area contributed by atoms with Gasteiger partial charge in [0.05, 0.1) is 30.0 Å². The quantitative estimate of drug-likeness (QED) is 0.811. The van der Waals surface area contributed by atoms with Crippen molar-refractivity contribution in [3.63, 3.8) is 0 Å². The molecule has 0 fully saturated rings. The predicted molar refractivity (Wildman–Crippen MR) is 88.5 cm³/mol. The first-order valence-electron chi connectivity index (χ1n) is 7.77. The molecule has 24 heavy (non-hydrogen) atoms. The Labute approximate surface area is 140 Å². The third-order valence-corrected chi connectivity index (χ3v) is 3.70. The molecular formula is C18H18N2O4. The number of aromatic nitrogens is 1. The first-order chi connectivity index (χ1) is 11.6. The number of fused-ring (bicyclic) bond motifs is 1. The number of pyridine rings is 1. The summed E-state index contributed by atoms with van der Waals surface area (Å²) in [6.07, 6.45) is 3.24. The van der Waals surface area contributed by atoms with Gasteiger partial charge in [0.25, 0.3) is 5.91 Å². The molecule has 1 amide bonds. The lowest BCUT2D eigenvalue weighted by atomic mass is 10.1. The molecular weight excluding hydrogens is 308 g/mol. The van der Waals surface area contributed by atoms with E-state index in [1.807, 2.05) is 6.92 Å². The Morgan fingerprint density at radius 1 is 1.25 bits per heavy atom. The molecule has 0 saturated carbocycles. The Balaban J connectivity index is 1.96. The summed E-state index contributed by atoms with van der Waals surface area (Å²) in [6, 6.07) is 6.75. The number of esters is 1. The van der Waals surface area contributed by atoms with E-state index in [9.17, 15) is 9.59 Å². The number of benzene rings is 1. The highest BCUT2D eigenvalue weighted by Crippen LogP contribution is 2.33. The smallest absolute Gasteiger partial charge is 0.338 e. The summed E-state index contributed by atoms with van der Waals surface area (Å²) in [7, 11) is 0. The summed E-state index contributed by atoms with van der Waals surface area (Å²) >= 11 is 0. The molecule has 124 valence electrons. The predicted octanol–water partition coefficient (Wildman–Crippen LogP) is 2.61. The minimum absolute atomic E-state index is 0.170. The summed E-state index contributed by atoms with van der Waals surface area (Å²) in [5.74, 6) is -0.0180. The van der Waals surface area contributed by atoms with Crippen LogP contribution in [0.2, 0.25) is 0 Å². The molecule has 0 spiro atoms. The van der Waals surface area contributed by atoms with E-state index in [4.69, 9.17) is 9.47 Å². The third kappa shape index (κ3) is 3.08. The fourth-order valence-electron chi connectivity index (χ4n) is 2.60. The van der Waals surface area contributed by atoms with Crippen LogP contribution in [0, 0.1) is 6.92 Å². The average molecular weight is 326 g/mol. The Morgan fingerprint density at radius 3 is 2.83 bits per heavy atom. The zero-order valence-electron chi connectivity index (χ0n) is 13.6. The largest absolute Gasteiger partial charge is 0.490 e. The normalized spacial score (nSPS) is 13.0. The Morgan fingerprint density at radius 2 is 2.08 bits per heavy atom. The molecule has 6 nitrogen and oxygen atoms in total. The Bertz CT molecular complexity index is 788. The summed E-state index contributed by atoms with van der Waals surface area (Å²) in [4.78, 5) is 30.5. The van der Waals surface area contributed by atoms with Gasteiger partial charge in [0, 0.05) is 12.4 Å². The second kappa shape index (κ2) is 6.70. The number of hydrogen-bond donors (Lipinski definition) is 0. The molecule has 1 aromatic carbocycles. The zero-order chi connectivity index (χ0) is 17.1. The van der Waals surface area contributed by atoms with E-state index in [1.54, 1.807) is 48.5 Å². The molecule has 3 rings (SSSR count). The van der Waals surface area contributed by atoms with Gasteiger partial charge in [-0.25, -0.2) is 4.79 Å². The monoisotopic (exact) mass is 326 g/mol. The molecule has 0 radical (unpaired) electrons. The molecule has 0 aliphatic carbocycles. The number of nitrogens with zero attached hydrogens (tertiary/aromatic N) is 2. The maximum atomic E-state index is 12.8. The molecule has 2 heterocycles. The first-order valence-corrected chi connectivity index (χ1v) is 7.77. The number of ether oxygens (including phenoxy) is 2. The molecule has 0 N–H and O–H groups in total. The van der Waals surface area contributed by atoms with Crippen LogP contribution in [-0.2, 0) is 4.74 Å². The summed E-state index contributed by atoms with van der Waals surface area (Å²) in [6.45, 7) is 4.74. The lowest BCUT2D eigenvalue weighted by Gasteiger charge is -2.30. The van der Waals surface area contributed by atoms with Crippen molar-refractivity contribution in [1.29, 1.82) is 0 Å². The minimum atomic E-state index is -0.421. The van der Waals surface area contributed by atoms with Gasteiger partial charge in [-0.2, -0.15) is 0 Å². The average Bonchev–Trinajstić information content (AvgIpc) is 2.60. The molecule has 0 saturated heterocycles. The molecule has 2 aromatic rings. The van der Waals surface area contributed by atoms with E-state index in [2.05, 4.69) is 4.98 Å². The topological polar surface area (TPSA) is 68.7 Å². The van der Waals surface area contributed by atoms with Gasteiger partial charge in [0.1, 0.15) is 12.4 Å². The van der Waals surface area contributed by atoms with Gasteiger partial charge >= 0.3 is 5.97 Å². The van der Waals surface area contributed by atoms with Crippen LogP contribution in [0.25, 0.3) is 0 Å². The number of carbonyl (C=O) groups excluding carboxylic acids is 2. The van der Waals surface area contributed by atoms with Gasteiger partial charge in [0.15, 0.2) is 0 Å². The minimum Gasteiger partial charge on any atom is -0.490 e. The number of amides is 1. The van der Waals surface area contributed by atoms with Crippen molar-refractivity contribution in [3.05, 3.63) is 53.3 Å². The lowest BCUT2D eigenvalue weighted by Crippen LogP contribution is -2.38. The number of rotatable bonds is 3. The molecule has 0 bridgehead atoms. The third-order valence-electron chi connectivity index (χ3n) is 3.70. The van der Waals surface area contributed by atoms with Crippen LogP contribution in [0.15, 0.2) is 36.7 Å². The lowest BCUT2D eigenvalue weighted by molar-refractivity contribution is 0.0526. The van der Waals surface area contributed by atoms with Crippen LogP contribution in [0.3, 0.4) is 0 Å². The van der Waals surface area contributed by atoms with Gasteiger partial charge in [-0.1, -0.05) is 0 Å². The molecule has 6 heteroatoms. The molecule has 0 atom stereocenters. The molecule has 0 unspecified atom stereocenters. The van der Waals surface area contributed by atoms with E-state index in [1.165, 1.54) is 0 Å². The van der Waals surface area contributed by atoms with Crippen molar-refractivity contribution in [2.24, 2.45) is 0 Å². The molecule has 1 aromatic heterocycles. The van der Waals surface area contributed by atoms with Crippen LogP contribution in [0.5, 0.6) is 5.75 Å². The number of carbonyl (C=O) groups is 2. The molecule has 1 aliphatic heterocycles. The number of anilines is 1. The maximum Gasteiger partial charge on any atom is 0.338 e. The highest BCUT2D eigenvalue weighted by Gasteiger charge is 2.26. The maximum absolute atomic E-state index is 12.8. The Hall–Kier alpha value is -2.89. The van der Waals surface area contributed by atoms with Crippen molar-refractivity contribution in [2.75, 3.05) is 24.7 Å². The van der Waals surface area contributed by atoms with Crippen molar-refractivity contribution >= 4 is 17.6 Å². The summed E-state index contributed by atoms with van der Waals surface area (Å²) < 4.78 is 10.6. The van der Waals surface area contributed by atoms with Gasteiger partial charge in [-0.3, -0.25) is 9.78 Å². The van der Waals surface area contributed by atoms with E-state index in [0.717, 1.165) is 5.56 Å². The Kier molecular flexibility index (Phi) is 4.46. The SMILES string of the molecule is CCOC(=O)c1ccc2c(c1)N(C(=O)c1cncc(C)c1)CCO2. The van der Waals surface area contributed by atoms with E-state index >= 15 is 0 Å². The fraction of sp³-hybridized carbons (Fsp3) is 0.278. The van der Waals surface area contributed by atoms with Crippen LogP contribution >= 0.6 is 0 Å². The van der Waals surface area contributed by atoms with E-state index < -0.39 is 5.97 Å². The standard InChI is InChI=1S/C18H18N2O4/c1-3-23-18(22)13-4-5-16-15(9-13)20(6-7-24-16)17(21)14-8-12(2)10-19-11-14/h4-5,8-11H,3,6-7H2,1-2H3. The van der Waals surface area contributed by atoms with E-state index in [-0.39, 0.29) is 5.91 Å². The fourth-order valence-corrected chi connectivity index (χ4v) is 2.60. The highest BCUT2D eigenvalue weighted by atomic mass is 16.5. The number of hydrogen-bond acceptors (Lipinski definition) is 5. The van der Waals surface area contributed by atoms with Crippen LogP contribution in [-0.4, -0.2) is 36.6 Å². The highest BCUT2D eigenvalue weighted by molar-refractivity contribution is 6.07. The second-order valence-corrected chi connectivity index (χ2v) is 5.46. The molecule has 1 aliphatic rings. The van der Waals surface area contributed by atoms with Crippen LogP contribution in [0.4, 0.5) is 5.69 Å². The number of aryl methyl sites for hydroxylation is 1. The van der Waals surface area contributed by atoms with Gasteiger partial charge in [0.2, 0.25) is 0 Å². The van der Waals surface area contributed by atoms with Crippen molar-refractivity contribution < 1.29 is 19.1 Å². The van der Waals surface area contributed by atoms with Crippen molar-refractivity contribution in [2.45, 2.75) is 13.8 Å². The zero-order valence-corrected chi connectivity index (χ0v) is 13.6. The van der Waals surface area contributed by atoms with Crippen molar-refractivity contribution in [1.82, 2.24) is 4.98 Å². The summed E-state index contributed by atoms with van der Waals surface area (Å²) in [5, 5.41) is 0. The van der Waals surface area contributed by atoms with Gasteiger partial charge in [-0.15, -0.1) is 0 Å². The van der Waals surface area contributed by atoms with Gasteiger partial charge < -0.3 is 14.4 Å². The first kappa shape index (κ1) is 16.0. The summed E-state index contributed by atoms with van der Waals surface area (Å²) in [5.41, 5.74) is 2.37. The second-order valence-electron chi connectivity index (χ2n) is 5.46. The van der Waals surface area contributed by atoms with Gasteiger partial charge in [-0.05, 0) is 43.7 Å². The van der Waals surface area contributed by atoms with E-state index in [0.29, 0.717) is 42.3 Å². The van der Waals surface area contributed by atoms with Crippen molar-refractivity contribution in [3.8, 4) is 5.75 Å². The van der Waals surface area contributed by atoms with Crippen LogP contribution in [0.1, 0.15) is 33.2 Å². The van der Waals surface area contributed by atoms with Crippen LogP contribution < -0.4 is 9.64 Å².